The summed E-state index contributed by atoms with van der Waals surface area (Å²) in [6, 6.07) is 11.5. The van der Waals surface area contributed by atoms with E-state index in [-0.39, 0.29) is 10.8 Å². The van der Waals surface area contributed by atoms with Crippen LogP contribution >= 0.6 is 11.6 Å². The molecule has 1 fully saturated rings. The number of hydrogen-bond donors (Lipinski definition) is 0. The molecule has 1 saturated heterocycles. The number of rotatable bonds is 5. The van der Waals surface area contributed by atoms with Crippen molar-refractivity contribution in [3.05, 3.63) is 63.9 Å². The first-order valence-corrected chi connectivity index (χ1v) is 12.4. The van der Waals surface area contributed by atoms with E-state index in [2.05, 4.69) is 10.1 Å². The third kappa shape index (κ3) is 3.98. The van der Waals surface area contributed by atoms with Crippen LogP contribution in [-0.2, 0) is 16.6 Å². The lowest BCUT2D eigenvalue weighted by atomic mass is 9.98. The summed E-state index contributed by atoms with van der Waals surface area (Å²) in [4.78, 5) is 16.7. The van der Waals surface area contributed by atoms with Crippen molar-refractivity contribution in [2.24, 2.45) is 0 Å². The topological polar surface area (TPSA) is 111 Å². The van der Waals surface area contributed by atoms with Gasteiger partial charge < -0.3 is 8.94 Å². The predicted molar refractivity (Wildman–Crippen MR) is 122 cm³/mol. The fourth-order valence-corrected chi connectivity index (χ4v) is 5.72. The molecule has 0 saturated carbocycles. The monoisotopic (exact) mass is 488 g/mol. The van der Waals surface area contributed by atoms with Gasteiger partial charge in [-0.25, -0.2) is 13.2 Å². The largest absolute Gasteiger partial charge is 0.419 e. The number of sulfonamides is 1. The fourth-order valence-electron chi connectivity index (χ4n) is 4.12. The average molecular weight is 489 g/mol. The molecule has 33 heavy (non-hydrogen) atoms. The van der Waals surface area contributed by atoms with Crippen LogP contribution < -0.4 is 5.76 Å². The quantitative estimate of drug-likeness (QED) is 0.419. The number of benzene rings is 2. The summed E-state index contributed by atoms with van der Waals surface area (Å²) in [5, 5.41) is 4.57. The number of aryl methyl sites for hydroxylation is 1. The van der Waals surface area contributed by atoms with Gasteiger partial charge in [-0.2, -0.15) is 9.29 Å². The molecule has 0 unspecified atom stereocenters. The zero-order chi connectivity index (χ0) is 23.2. The van der Waals surface area contributed by atoms with Crippen molar-refractivity contribution in [1.82, 2.24) is 19.0 Å². The Hall–Kier alpha value is -2.95. The number of fused-ring (bicyclic) bond motifs is 1. The minimum Gasteiger partial charge on any atom is -0.408 e. The predicted octanol–water partition coefficient (Wildman–Crippen LogP) is 3.89. The lowest BCUT2D eigenvalue weighted by Crippen LogP contribution is -2.37. The molecular weight excluding hydrogens is 468 g/mol. The van der Waals surface area contributed by atoms with Gasteiger partial charge in [0.05, 0.1) is 10.4 Å². The highest BCUT2D eigenvalue weighted by atomic mass is 35.5. The van der Waals surface area contributed by atoms with Gasteiger partial charge in [-0.15, -0.1) is 0 Å². The second-order valence-corrected chi connectivity index (χ2v) is 10.3. The first kappa shape index (κ1) is 21.9. The minimum atomic E-state index is -3.58. The Kier molecular flexibility index (Phi) is 5.59. The maximum Gasteiger partial charge on any atom is 0.419 e. The van der Waals surface area contributed by atoms with E-state index in [4.69, 9.17) is 20.5 Å². The molecule has 4 aromatic rings. The van der Waals surface area contributed by atoms with E-state index in [0.29, 0.717) is 65.9 Å². The van der Waals surface area contributed by atoms with Gasteiger partial charge in [0.2, 0.25) is 21.7 Å². The highest BCUT2D eigenvalue weighted by Gasteiger charge is 2.32. The number of hydrogen-bond acceptors (Lipinski definition) is 7. The molecular formula is C22H21ClN4O5S. The van der Waals surface area contributed by atoms with E-state index in [1.165, 1.54) is 16.4 Å². The van der Waals surface area contributed by atoms with Gasteiger partial charge in [-0.3, -0.25) is 4.57 Å². The van der Waals surface area contributed by atoms with E-state index >= 15 is 0 Å². The van der Waals surface area contributed by atoms with Gasteiger partial charge in [0.25, 0.3) is 0 Å². The van der Waals surface area contributed by atoms with Crippen molar-refractivity contribution in [3.8, 4) is 11.4 Å². The molecule has 1 aliphatic rings. The molecule has 1 aliphatic heterocycles. The molecule has 5 rings (SSSR count). The molecule has 3 heterocycles. The Balaban J connectivity index is 1.31. The number of piperidine rings is 1. The maximum atomic E-state index is 12.9. The smallest absolute Gasteiger partial charge is 0.408 e. The third-order valence-electron chi connectivity index (χ3n) is 5.94. The van der Waals surface area contributed by atoms with Crippen LogP contribution in [0.2, 0.25) is 5.02 Å². The molecule has 172 valence electrons. The zero-order valence-electron chi connectivity index (χ0n) is 17.8. The van der Waals surface area contributed by atoms with Crippen molar-refractivity contribution in [3.63, 3.8) is 0 Å². The molecule has 0 radical (unpaired) electrons. The van der Waals surface area contributed by atoms with E-state index in [0.717, 1.165) is 0 Å². The second kappa shape index (κ2) is 8.44. The van der Waals surface area contributed by atoms with Crippen LogP contribution in [0.4, 0.5) is 0 Å². The minimum absolute atomic E-state index is 0.0363. The van der Waals surface area contributed by atoms with Crippen molar-refractivity contribution >= 4 is 32.7 Å². The molecule has 0 bridgehead atoms. The van der Waals surface area contributed by atoms with Gasteiger partial charge in [-0.05, 0) is 62.2 Å². The number of nitrogens with zero attached hydrogens (tertiary/aromatic N) is 4. The lowest BCUT2D eigenvalue weighted by molar-refractivity contribution is 0.271. The highest BCUT2D eigenvalue weighted by molar-refractivity contribution is 7.89. The molecule has 0 spiro atoms. The first-order valence-electron chi connectivity index (χ1n) is 10.6. The third-order valence-corrected chi connectivity index (χ3v) is 8.10. The van der Waals surface area contributed by atoms with Crippen molar-refractivity contribution in [2.45, 2.75) is 37.1 Å². The Morgan fingerprint density at radius 3 is 2.55 bits per heavy atom. The highest BCUT2D eigenvalue weighted by Crippen LogP contribution is 2.31. The van der Waals surface area contributed by atoms with Crippen molar-refractivity contribution in [1.29, 1.82) is 0 Å². The molecule has 9 nitrogen and oxygen atoms in total. The summed E-state index contributed by atoms with van der Waals surface area (Å²) in [5.41, 5.74) is 1.85. The van der Waals surface area contributed by atoms with Gasteiger partial charge in [-0.1, -0.05) is 16.8 Å². The molecule has 11 heteroatoms. The number of aromatic nitrogens is 3. The normalized spacial score (nSPS) is 15.9. The Morgan fingerprint density at radius 2 is 1.85 bits per heavy atom. The Bertz CT molecular complexity index is 1460. The van der Waals surface area contributed by atoms with Crippen LogP contribution in [0.1, 0.15) is 31.6 Å². The zero-order valence-corrected chi connectivity index (χ0v) is 19.3. The van der Waals surface area contributed by atoms with Gasteiger partial charge in [0.15, 0.2) is 5.58 Å². The van der Waals surface area contributed by atoms with Crippen LogP contribution in [0.25, 0.3) is 22.5 Å². The summed E-state index contributed by atoms with van der Waals surface area (Å²) in [6.07, 6.45) is 1.14. The lowest BCUT2D eigenvalue weighted by Gasteiger charge is -2.29. The Morgan fingerprint density at radius 1 is 1.12 bits per heavy atom. The second-order valence-electron chi connectivity index (χ2n) is 7.88. The molecule has 0 atom stereocenters. The number of oxazole rings is 1. The van der Waals surface area contributed by atoms with E-state index in [9.17, 15) is 13.2 Å². The van der Waals surface area contributed by atoms with Crippen molar-refractivity contribution in [2.75, 3.05) is 13.1 Å². The maximum absolute atomic E-state index is 12.9. The van der Waals surface area contributed by atoms with Gasteiger partial charge >= 0.3 is 5.76 Å². The summed E-state index contributed by atoms with van der Waals surface area (Å²) in [5.74, 6) is 0.431. The molecule has 0 amide bonds. The van der Waals surface area contributed by atoms with Gasteiger partial charge in [0.1, 0.15) is 0 Å². The van der Waals surface area contributed by atoms with Crippen molar-refractivity contribution < 1.29 is 17.4 Å². The Labute approximate surface area is 194 Å². The van der Waals surface area contributed by atoms with Crippen LogP contribution in [0.3, 0.4) is 0 Å². The van der Waals surface area contributed by atoms with Gasteiger partial charge in [0, 0.05) is 36.1 Å². The summed E-state index contributed by atoms with van der Waals surface area (Å²) in [7, 11) is -3.58. The molecule has 2 aromatic carbocycles. The number of halogens is 1. The molecule has 2 aromatic heterocycles. The van der Waals surface area contributed by atoms with E-state index in [1.807, 2.05) is 13.0 Å². The summed E-state index contributed by atoms with van der Waals surface area (Å²) < 4.78 is 39.6. The van der Waals surface area contributed by atoms with Crippen LogP contribution in [-0.4, -0.2) is 40.5 Å². The SMILES string of the molecule is CCn1c(=O)oc2cc(-c3noc(C4CCN(S(=O)(=O)c5ccc(Cl)cc5)CC4)n3)ccc21. The fraction of sp³-hybridized carbons (Fsp3) is 0.318. The average Bonchev–Trinajstić information content (AvgIpc) is 3.43. The molecule has 0 N–H and O–H groups in total. The van der Waals surface area contributed by atoms with Crippen LogP contribution in [0.5, 0.6) is 0 Å². The summed E-state index contributed by atoms with van der Waals surface area (Å²) >= 11 is 5.87. The first-order chi connectivity index (χ1) is 15.9. The van der Waals surface area contributed by atoms with Crippen LogP contribution in [0, 0.1) is 0 Å². The van der Waals surface area contributed by atoms with Crippen LogP contribution in [0.15, 0.2) is 61.1 Å². The standard InChI is InChI=1S/C22H21ClN4O5S/c1-2-27-18-8-3-15(13-19(18)31-22(27)28)20-24-21(32-25-20)14-9-11-26(12-10-14)33(29,30)17-6-4-16(23)5-7-17/h3-8,13-14H,2,9-12H2,1H3. The van der Waals surface area contributed by atoms with E-state index in [1.54, 1.807) is 28.8 Å². The molecule has 0 aliphatic carbocycles. The van der Waals surface area contributed by atoms with E-state index < -0.39 is 15.8 Å². The summed E-state index contributed by atoms with van der Waals surface area (Å²) in [6.45, 7) is 3.11.